The van der Waals surface area contributed by atoms with Crippen molar-refractivity contribution in [2.24, 2.45) is 5.92 Å². The predicted octanol–water partition coefficient (Wildman–Crippen LogP) is 3.79. The van der Waals surface area contributed by atoms with Gasteiger partial charge in [0.1, 0.15) is 5.75 Å². The Balaban J connectivity index is 2.38. The molecule has 0 saturated carbocycles. The Labute approximate surface area is 150 Å². The summed E-state index contributed by atoms with van der Waals surface area (Å²) >= 11 is 0. The van der Waals surface area contributed by atoms with Crippen LogP contribution in [0.1, 0.15) is 19.4 Å². The van der Waals surface area contributed by atoms with Crippen molar-refractivity contribution in [2.75, 3.05) is 6.54 Å². The third-order valence-electron chi connectivity index (χ3n) is 3.65. The lowest BCUT2D eigenvalue weighted by Gasteiger charge is -2.35. The van der Waals surface area contributed by atoms with Gasteiger partial charge in [-0.05, 0) is 30.2 Å². The highest BCUT2D eigenvalue weighted by Gasteiger charge is 2.39. The molecule has 146 valence electrons. The van der Waals surface area contributed by atoms with Gasteiger partial charge in [0.2, 0.25) is 6.17 Å². The molecular formula is C16H20F3NO5S. The lowest BCUT2D eigenvalue weighted by Crippen LogP contribution is -2.39. The van der Waals surface area contributed by atoms with Gasteiger partial charge in [-0.3, -0.25) is 9.11 Å². The van der Waals surface area contributed by atoms with E-state index < -0.39 is 41.0 Å². The monoisotopic (exact) mass is 395 g/mol. The highest BCUT2D eigenvalue weighted by molar-refractivity contribution is 8.22. The van der Waals surface area contributed by atoms with Crippen molar-refractivity contribution in [3.63, 3.8) is 0 Å². The van der Waals surface area contributed by atoms with Crippen molar-refractivity contribution in [3.8, 4) is 5.75 Å². The van der Waals surface area contributed by atoms with Gasteiger partial charge in [-0.15, -0.1) is 10.8 Å². The third kappa shape index (κ3) is 4.50. The molecule has 0 bridgehead atoms. The Hall–Kier alpha value is -1.75. The van der Waals surface area contributed by atoms with Crippen LogP contribution in [0.3, 0.4) is 0 Å². The summed E-state index contributed by atoms with van der Waals surface area (Å²) in [6.07, 6.45) is -7.17. The first-order chi connectivity index (χ1) is 12.0. The van der Waals surface area contributed by atoms with Gasteiger partial charge in [-0.2, -0.15) is 0 Å². The Morgan fingerprint density at radius 2 is 1.96 bits per heavy atom. The normalized spacial score (nSPS) is 19.0. The van der Waals surface area contributed by atoms with E-state index in [1.54, 1.807) is 0 Å². The Morgan fingerprint density at radius 1 is 1.31 bits per heavy atom. The maximum Gasteiger partial charge on any atom is 0.335 e. The summed E-state index contributed by atoms with van der Waals surface area (Å²) in [4.78, 5) is 11.4. The number of aliphatic carboxylic acids is 1. The van der Waals surface area contributed by atoms with Crippen molar-refractivity contribution >= 4 is 22.8 Å². The summed E-state index contributed by atoms with van der Waals surface area (Å²) in [5.74, 6) is -1.47. The van der Waals surface area contributed by atoms with Crippen molar-refractivity contribution in [2.45, 2.75) is 37.4 Å². The molecule has 1 aliphatic rings. The molecule has 2 atom stereocenters. The molecule has 0 fully saturated rings. The molecule has 4 N–H and O–H groups in total. The van der Waals surface area contributed by atoms with E-state index >= 15 is 0 Å². The molecule has 0 radical (unpaired) electrons. The van der Waals surface area contributed by atoms with Crippen LogP contribution < -0.4 is 9.46 Å². The highest BCUT2D eigenvalue weighted by Crippen LogP contribution is 2.46. The minimum absolute atomic E-state index is 0.0221. The first-order valence-corrected chi connectivity index (χ1v) is 9.28. The first-order valence-electron chi connectivity index (χ1n) is 7.73. The Kier molecular flexibility index (Phi) is 6.22. The van der Waals surface area contributed by atoms with Crippen LogP contribution in [0.5, 0.6) is 5.75 Å². The van der Waals surface area contributed by atoms with Crippen LogP contribution in [-0.2, 0) is 4.79 Å². The number of fused-ring (bicyclic) bond motifs is 1. The average molecular weight is 395 g/mol. The Morgan fingerprint density at radius 3 is 2.50 bits per heavy atom. The number of ether oxygens (including phenoxy) is 1. The van der Waals surface area contributed by atoms with Gasteiger partial charge in [0.15, 0.2) is 6.10 Å². The van der Waals surface area contributed by atoms with Crippen LogP contribution in [0.25, 0.3) is 6.08 Å². The number of carbonyl (C=O) groups is 1. The topological polar surface area (TPSA) is 99.0 Å². The summed E-state index contributed by atoms with van der Waals surface area (Å²) in [5.41, 5.74) is -0.544. The lowest BCUT2D eigenvalue weighted by molar-refractivity contribution is -0.134. The maximum absolute atomic E-state index is 13.7. The fourth-order valence-corrected chi connectivity index (χ4v) is 3.57. The molecule has 0 aromatic heterocycles. The molecular weight excluding hydrogens is 375 g/mol. The van der Waals surface area contributed by atoms with Crippen molar-refractivity contribution in [1.82, 2.24) is 4.72 Å². The summed E-state index contributed by atoms with van der Waals surface area (Å²) in [6, 6.07) is 3.83. The van der Waals surface area contributed by atoms with Crippen molar-refractivity contribution in [1.29, 1.82) is 0 Å². The largest absolute Gasteiger partial charge is 0.482 e. The third-order valence-corrected chi connectivity index (χ3v) is 5.13. The molecule has 6 nitrogen and oxygen atoms in total. The number of alkyl halides is 3. The molecule has 1 heterocycles. The van der Waals surface area contributed by atoms with E-state index in [2.05, 4.69) is 4.72 Å². The van der Waals surface area contributed by atoms with Gasteiger partial charge in [0, 0.05) is 12.1 Å². The van der Waals surface area contributed by atoms with Crippen molar-refractivity contribution < 1.29 is 36.9 Å². The standard InChI is InChI=1S/C16H20F3NO5S/c1-8(2)7-20-26(23,24)10-3-4-12-9(5-10)6-11(16(21)22)14(25-12)13(17)15(18)19/h3-6,8,13-15,20,23-24H,7H2,1-2H3,(H,21,22). The number of hydrogen-bond acceptors (Lipinski definition) is 5. The van der Waals surface area contributed by atoms with Crippen LogP contribution in [0.4, 0.5) is 13.2 Å². The van der Waals surface area contributed by atoms with E-state index in [4.69, 9.17) is 4.74 Å². The molecule has 1 aromatic rings. The van der Waals surface area contributed by atoms with Gasteiger partial charge in [0.05, 0.1) is 10.5 Å². The van der Waals surface area contributed by atoms with E-state index in [0.717, 1.165) is 6.08 Å². The van der Waals surface area contributed by atoms with E-state index in [0.29, 0.717) is 6.54 Å². The van der Waals surface area contributed by atoms with Crippen LogP contribution in [0, 0.1) is 5.92 Å². The number of benzene rings is 1. The average Bonchev–Trinajstić information content (AvgIpc) is 2.57. The minimum Gasteiger partial charge on any atom is -0.482 e. The van der Waals surface area contributed by atoms with Crippen LogP contribution in [-0.4, -0.2) is 45.4 Å². The second kappa shape index (κ2) is 7.87. The Bertz CT molecular complexity index is 711. The maximum atomic E-state index is 13.7. The van der Waals surface area contributed by atoms with Gasteiger partial charge in [-0.1, -0.05) is 13.8 Å². The number of halogens is 3. The molecule has 0 spiro atoms. The van der Waals surface area contributed by atoms with E-state index in [1.165, 1.54) is 18.2 Å². The zero-order valence-electron chi connectivity index (χ0n) is 14.0. The van der Waals surface area contributed by atoms with E-state index in [1.807, 2.05) is 13.8 Å². The van der Waals surface area contributed by atoms with Crippen LogP contribution >= 0.6 is 10.8 Å². The summed E-state index contributed by atoms with van der Waals surface area (Å²) in [6.45, 7) is 4.08. The van der Waals surface area contributed by atoms with Crippen molar-refractivity contribution in [3.05, 3.63) is 29.3 Å². The molecule has 0 aliphatic carbocycles. The number of hydrogen-bond donors (Lipinski definition) is 4. The zero-order valence-corrected chi connectivity index (χ0v) is 14.8. The summed E-state index contributed by atoms with van der Waals surface area (Å²) < 4.78 is 67.2. The number of carboxylic acids is 1. The number of rotatable bonds is 7. The number of carboxylic acid groups (broad SMARTS) is 1. The quantitative estimate of drug-likeness (QED) is 0.561. The molecule has 26 heavy (non-hydrogen) atoms. The second-order valence-electron chi connectivity index (χ2n) is 6.21. The van der Waals surface area contributed by atoms with Crippen LogP contribution in [0.2, 0.25) is 0 Å². The second-order valence-corrected chi connectivity index (χ2v) is 8.07. The smallest absolute Gasteiger partial charge is 0.335 e. The fourth-order valence-electron chi connectivity index (χ4n) is 2.29. The SMILES string of the molecule is CC(C)CNS(O)(O)c1ccc2c(c1)C=C(C(=O)O)C(C(F)C(F)F)O2. The predicted molar refractivity (Wildman–Crippen MR) is 91.3 cm³/mol. The van der Waals surface area contributed by atoms with Gasteiger partial charge in [0.25, 0.3) is 6.43 Å². The first kappa shape index (κ1) is 20.6. The molecule has 0 amide bonds. The minimum atomic E-state index is -3.41. The zero-order chi connectivity index (χ0) is 19.6. The molecule has 1 aromatic carbocycles. The lowest BCUT2D eigenvalue weighted by atomic mass is 9.98. The molecule has 0 saturated heterocycles. The highest BCUT2D eigenvalue weighted by atomic mass is 32.3. The molecule has 2 rings (SSSR count). The van der Waals surface area contributed by atoms with Crippen LogP contribution in [0.15, 0.2) is 28.7 Å². The van der Waals surface area contributed by atoms with Gasteiger partial charge >= 0.3 is 5.97 Å². The van der Waals surface area contributed by atoms with Gasteiger partial charge < -0.3 is 9.84 Å². The van der Waals surface area contributed by atoms with E-state index in [9.17, 15) is 32.2 Å². The fraction of sp³-hybridized carbons (Fsp3) is 0.438. The summed E-state index contributed by atoms with van der Waals surface area (Å²) in [5, 5.41) is 9.17. The molecule has 1 aliphatic heterocycles. The molecule has 2 unspecified atom stereocenters. The van der Waals surface area contributed by atoms with Gasteiger partial charge in [-0.25, -0.2) is 22.7 Å². The summed E-state index contributed by atoms with van der Waals surface area (Å²) in [7, 11) is -3.35. The van der Waals surface area contributed by atoms with E-state index in [-0.39, 0.29) is 22.1 Å². The molecule has 10 heteroatoms. The number of nitrogens with one attached hydrogen (secondary N) is 1.